The second-order valence-corrected chi connectivity index (χ2v) is 2.80. The highest BCUT2D eigenvalue weighted by molar-refractivity contribution is 5.89. The minimum atomic E-state index is -1.66. The highest BCUT2D eigenvalue weighted by Crippen LogP contribution is 2.14. The van der Waals surface area contributed by atoms with Crippen molar-refractivity contribution in [1.29, 1.82) is 0 Å². The summed E-state index contributed by atoms with van der Waals surface area (Å²) in [5, 5.41) is 8.27. The summed E-state index contributed by atoms with van der Waals surface area (Å²) >= 11 is 0. The minimum Gasteiger partial charge on any atom is -0.476 e. The van der Waals surface area contributed by atoms with Crippen LogP contribution in [0.5, 0.6) is 0 Å². The van der Waals surface area contributed by atoms with Gasteiger partial charge in [0, 0.05) is 0 Å². The first-order valence-corrected chi connectivity index (χ1v) is 3.87. The Morgan fingerprint density at radius 3 is 2.71 bits per heavy atom. The summed E-state index contributed by atoms with van der Waals surface area (Å²) in [6, 6.07) is 3.76. The molecule has 0 aliphatic heterocycles. The number of hydrogen-bond acceptors (Lipinski definition) is 1. The SMILES string of the molecule is Cc1ccc(F)cc1/C=C(/F)C(=O)O. The van der Waals surface area contributed by atoms with Crippen molar-refractivity contribution in [3.05, 3.63) is 41.0 Å². The second kappa shape index (κ2) is 4.00. The van der Waals surface area contributed by atoms with Gasteiger partial charge in [-0.1, -0.05) is 6.07 Å². The van der Waals surface area contributed by atoms with Crippen molar-refractivity contribution in [3.8, 4) is 0 Å². The molecule has 0 heterocycles. The molecule has 4 heteroatoms. The van der Waals surface area contributed by atoms with Crippen molar-refractivity contribution in [3.63, 3.8) is 0 Å². The Kier molecular flexibility index (Phi) is 2.96. The summed E-state index contributed by atoms with van der Waals surface area (Å²) in [6.07, 6.45) is 0.792. The Bertz CT molecular complexity index is 397. The van der Waals surface area contributed by atoms with Crippen LogP contribution >= 0.6 is 0 Å². The van der Waals surface area contributed by atoms with Crippen molar-refractivity contribution in [1.82, 2.24) is 0 Å². The van der Waals surface area contributed by atoms with E-state index in [1.54, 1.807) is 6.92 Å². The molecule has 0 aliphatic carbocycles. The van der Waals surface area contributed by atoms with Gasteiger partial charge in [-0.3, -0.25) is 0 Å². The van der Waals surface area contributed by atoms with E-state index >= 15 is 0 Å². The van der Waals surface area contributed by atoms with E-state index in [2.05, 4.69) is 0 Å². The molecule has 0 aliphatic rings. The maximum Gasteiger partial charge on any atom is 0.364 e. The number of halogens is 2. The smallest absolute Gasteiger partial charge is 0.364 e. The number of aryl methyl sites for hydroxylation is 1. The van der Waals surface area contributed by atoms with Gasteiger partial charge < -0.3 is 5.11 Å². The van der Waals surface area contributed by atoms with E-state index in [1.807, 2.05) is 0 Å². The van der Waals surface area contributed by atoms with Crippen LogP contribution in [-0.2, 0) is 4.79 Å². The minimum absolute atomic E-state index is 0.227. The molecule has 0 saturated carbocycles. The lowest BCUT2D eigenvalue weighted by Gasteiger charge is -1.99. The summed E-state index contributed by atoms with van der Waals surface area (Å²) in [4.78, 5) is 10.2. The number of rotatable bonds is 2. The molecule has 74 valence electrons. The molecule has 0 fully saturated rings. The molecular formula is C10H8F2O2. The van der Waals surface area contributed by atoms with E-state index in [4.69, 9.17) is 5.11 Å². The van der Waals surface area contributed by atoms with Gasteiger partial charge in [-0.15, -0.1) is 0 Å². The molecule has 2 nitrogen and oxygen atoms in total. The zero-order valence-corrected chi connectivity index (χ0v) is 7.42. The molecule has 0 amide bonds. The first kappa shape index (κ1) is 10.4. The fraction of sp³-hybridized carbons (Fsp3) is 0.100. The molecule has 1 aromatic carbocycles. The quantitative estimate of drug-likeness (QED) is 0.741. The van der Waals surface area contributed by atoms with Gasteiger partial charge in [0.25, 0.3) is 0 Å². The number of benzene rings is 1. The van der Waals surface area contributed by atoms with E-state index in [-0.39, 0.29) is 5.56 Å². The maximum atomic E-state index is 12.7. The summed E-state index contributed by atoms with van der Waals surface area (Å²) in [6.45, 7) is 1.64. The molecule has 0 radical (unpaired) electrons. The van der Waals surface area contributed by atoms with E-state index in [1.165, 1.54) is 12.1 Å². The van der Waals surface area contributed by atoms with E-state index < -0.39 is 17.6 Å². The Balaban J connectivity index is 3.13. The van der Waals surface area contributed by atoms with Crippen molar-refractivity contribution in [2.75, 3.05) is 0 Å². The molecule has 0 aromatic heterocycles. The van der Waals surface area contributed by atoms with Crippen LogP contribution in [0.25, 0.3) is 6.08 Å². The Labute approximate surface area is 79.5 Å². The van der Waals surface area contributed by atoms with Crippen LogP contribution in [0.1, 0.15) is 11.1 Å². The third kappa shape index (κ3) is 2.39. The number of carboxylic acid groups (broad SMARTS) is 1. The number of carbonyl (C=O) groups is 1. The van der Waals surface area contributed by atoms with E-state index in [0.29, 0.717) is 5.56 Å². The van der Waals surface area contributed by atoms with Gasteiger partial charge in [0.15, 0.2) is 0 Å². The van der Waals surface area contributed by atoms with Crippen LogP contribution in [0.4, 0.5) is 8.78 Å². The first-order valence-electron chi connectivity index (χ1n) is 3.87. The van der Waals surface area contributed by atoms with Crippen LogP contribution in [0.15, 0.2) is 24.0 Å². The fourth-order valence-corrected chi connectivity index (χ4v) is 0.965. The largest absolute Gasteiger partial charge is 0.476 e. The van der Waals surface area contributed by atoms with Crippen LogP contribution in [-0.4, -0.2) is 11.1 Å². The van der Waals surface area contributed by atoms with Crippen LogP contribution in [0, 0.1) is 12.7 Å². The number of carboxylic acids is 1. The Morgan fingerprint density at radius 1 is 1.50 bits per heavy atom. The van der Waals surface area contributed by atoms with Gasteiger partial charge in [0.1, 0.15) is 5.82 Å². The third-order valence-electron chi connectivity index (χ3n) is 1.73. The Morgan fingerprint density at radius 2 is 2.14 bits per heavy atom. The average Bonchev–Trinajstić information content (AvgIpc) is 2.11. The molecule has 0 spiro atoms. The fourth-order valence-electron chi connectivity index (χ4n) is 0.965. The van der Waals surface area contributed by atoms with Crippen LogP contribution < -0.4 is 0 Å². The molecule has 1 aromatic rings. The lowest BCUT2D eigenvalue weighted by molar-refractivity contribution is -0.134. The van der Waals surface area contributed by atoms with Gasteiger partial charge in [-0.05, 0) is 36.3 Å². The Hall–Kier alpha value is -1.71. The van der Waals surface area contributed by atoms with Crippen molar-refractivity contribution in [2.24, 2.45) is 0 Å². The number of hydrogen-bond donors (Lipinski definition) is 1. The molecule has 0 unspecified atom stereocenters. The third-order valence-corrected chi connectivity index (χ3v) is 1.73. The predicted octanol–water partition coefficient (Wildman–Crippen LogP) is 2.53. The van der Waals surface area contributed by atoms with Crippen molar-refractivity contribution in [2.45, 2.75) is 6.92 Å². The van der Waals surface area contributed by atoms with Crippen molar-refractivity contribution >= 4 is 12.0 Å². The molecule has 1 N–H and O–H groups in total. The lowest BCUT2D eigenvalue weighted by Crippen LogP contribution is -1.95. The van der Waals surface area contributed by atoms with Gasteiger partial charge in [0.05, 0.1) is 0 Å². The summed E-state index contributed by atoms with van der Waals surface area (Å²) in [5.41, 5.74) is 0.840. The summed E-state index contributed by atoms with van der Waals surface area (Å²) in [5.74, 6) is -3.49. The molecule has 0 saturated heterocycles. The topological polar surface area (TPSA) is 37.3 Å². The van der Waals surface area contributed by atoms with Gasteiger partial charge in [-0.2, -0.15) is 4.39 Å². The summed E-state index contributed by atoms with van der Waals surface area (Å²) < 4.78 is 25.4. The van der Waals surface area contributed by atoms with Crippen molar-refractivity contribution < 1.29 is 18.7 Å². The highest BCUT2D eigenvalue weighted by atomic mass is 19.1. The normalized spacial score (nSPS) is 11.5. The predicted molar refractivity (Wildman–Crippen MR) is 47.9 cm³/mol. The molecular weight excluding hydrogens is 190 g/mol. The zero-order chi connectivity index (χ0) is 10.7. The zero-order valence-electron chi connectivity index (χ0n) is 7.42. The molecule has 14 heavy (non-hydrogen) atoms. The monoisotopic (exact) mass is 198 g/mol. The average molecular weight is 198 g/mol. The van der Waals surface area contributed by atoms with Gasteiger partial charge in [0.2, 0.25) is 5.83 Å². The molecule has 1 rings (SSSR count). The van der Waals surface area contributed by atoms with E-state index in [0.717, 1.165) is 12.1 Å². The summed E-state index contributed by atoms with van der Waals surface area (Å²) in [7, 11) is 0. The van der Waals surface area contributed by atoms with Crippen LogP contribution in [0.3, 0.4) is 0 Å². The molecule has 0 atom stereocenters. The first-order chi connectivity index (χ1) is 6.50. The number of aliphatic carboxylic acids is 1. The molecule has 0 bridgehead atoms. The van der Waals surface area contributed by atoms with E-state index in [9.17, 15) is 13.6 Å². The second-order valence-electron chi connectivity index (χ2n) is 2.80. The highest BCUT2D eigenvalue weighted by Gasteiger charge is 2.06. The van der Waals surface area contributed by atoms with Gasteiger partial charge in [-0.25, -0.2) is 9.18 Å². The lowest BCUT2D eigenvalue weighted by atomic mass is 10.1. The standard InChI is InChI=1S/C10H8F2O2/c1-6-2-3-8(11)4-7(6)5-9(12)10(13)14/h2-5H,1H3,(H,13,14)/b9-5+. The van der Waals surface area contributed by atoms with Crippen LogP contribution in [0.2, 0.25) is 0 Å². The van der Waals surface area contributed by atoms with Gasteiger partial charge >= 0.3 is 5.97 Å². The maximum absolute atomic E-state index is 12.7.